The standard InChI is InChI=1S/C16H18F2N4O3/c1-3-12(11-7-5-4-6-8-11)19-13(23)9-21-10(2)15(22(24)25)14(20-21)16(17)18/h4-8,12,16H,3,9H2,1-2H3,(H,19,23). The summed E-state index contributed by atoms with van der Waals surface area (Å²) in [5.41, 5.74) is -0.846. The second-order valence-electron chi connectivity index (χ2n) is 5.47. The molecule has 0 spiro atoms. The highest BCUT2D eigenvalue weighted by atomic mass is 19.3. The van der Waals surface area contributed by atoms with Crippen molar-refractivity contribution in [3.63, 3.8) is 0 Å². The number of carbonyl (C=O) groups is 1. The van der Waals surface area contributed by atoms with Crippen LogP contribution >= 0.6 is 0 Å². The fourth-order valence-corrected chi connectivity index (χ4v) is 2.57. The van der Waals surface area contributed by atoms with Crippen molar-refractivity contribution < 1.29 is 18.5 Å². The van der Waals surface area contributed by atoms with Crippen LogP contribution in [0.2, 0.25) is 0 Å². The summed E-state index contributed by atoms with van der Waals surface area (Å²) in [6.07, 6.45) is -2.45. The molecule has 2 rings (SSSR count). The Labute approximate surface area is 142 Å². The Morgan fingerprint density at radius 3 is 2.48 bits per heavy atom. The van der Waals surface area contributed by atoms with E-state index in [1.807, 2.05) is 37.3 Å². The summed E-state index contributed by atoms with van der Waals surface area (Å²) < 4.78 is 26.8. The molecule has 0 saturated carbocycles. The molecule has 0 bridgehead atoms. The molecule has 0 aliphatic heterocycles. The lowest BCUT2D eigenvalue weighted by Gasteiger charge is -2.17. The van der Waals surface area contributed by atoms with Gasteiger partial charge in [0.25, 0.3) is 6.43 Å². The van der Waals surface area contributed by atoms with Crippen LogP contribution in [0.5, 0.6) is 0 Å². The van der Waals surface area contributed by atoms with E-state index in [9.17, 15) is 23.7 Å². The molecule has 9 heteroatoms. The first-order valence-electron chi connectivity index (χ1n) is 7.69. The smallest absolute Gasteiger partial charge is 0.319 e. The number of rotatable bonds is 7. The zero-order valence-electron chi connectivity index (χ0n) is 13.8. The van der Waals surface area contributed by atoms with Gasteiger partial charge in [0.05, 0.1) is 11.0 Å². The van der Waals surface area contributed by atoms with Gasteiger partial charge in [0.2, 0.25) is 11.6 Å². The van der Waals surface area contributed by atoms with Crippen LogP contribution in [-0.2, 0) is 11.3 Å². The van der Waals surface area contributed by atoms with Gasteiger partial charge >= 0.3 is 5.69 Å². The third kappa shape index (κ3) is 4.17. The minimum atomic E-state index is -3.09. The minimum Gasteiger partial charge on any atom is -0.348 e. The molecular formula is C16H18F2N4O3. The van der Waals surface area contributed by atoms with Gasteiger partial charge < -0.3 is 5.32 Å². The summed E-state index contributed by atoms with van der Waals surface area (Å²) in [7, 11) is 0. The Bertz CT molecular complexity index is 762. The molecule has 1 amide bonds. The molecule has 0 radical (unpaired) electrons. The Morgan fingerprint density at radius 1 is 1.36 bits per heavy atom. The summed E-state index contributed by atoms with van der Waals surface area (Å²) in [6.45, 7) is 2.82. The van der Waals surface area contributed by atoms with E-state index in [0.717, 1.165) is 10.2 Å². The number of hydrogen-bond donors (Lipinski definition) is 1. The van der Waals surface area contributed by atoms with Crippen molar-refractivity contribution in [1.82, 2.24) is 15.1 Å². The molecule has 1 unspecified atom stereocenters. The molecule has 25 heavy (non-hydrogen) atoms. The fourth-order valence-electron chi connectivity index (χ4n) is 2.57. The lowest BCUT2D eigenvalue weighted by molar-refractivity contribution is -0.386. The number of nitrogens with one attached hydrogen (secondary N) is 1. The molecule has 0 aliphatic carbocycles. The van der Waals surface area contributed by atoms with Gasteiger partial charge in [-0.25, -0.2) is 8.78 Å². The highest BCUT2D eigenvalue weighted by molar-refractivity contribution is 5.76. The third-order valence-electron chi connectivity index (χ3n) is 3.83. The normalized spacial score (nSPS) is 12.2. The first-order valence-corrected chi connectivity index (χ1v) is 7.69. The molecule has 0 fully saturated rings. The summed E-state index contributed by atoms with van der Waals surface area (Å²) in [6, 6.07) is 9.05. The number of nitro groups is 1. The van der Waals surface area contributed by atoms with Gasteiger partial charge in [-0.2, -0.15) is 5.10 Å². The predicted molar refractivity (Wildman–Crippen MR) is 86.2 cm³/mol. The van der Waals surface area contributed by atoms with E-state index in [0.29, 0.717) is 6.42 Å². The van der Waals surface area contributed by atoms with Gasteiger partial charge in [0.1, 0.15) is 12.2 Å². The predicted octanol–water partition coefficient (Wildman–Crippen LogP) is 3.30. The van der Waals surface area contributed by atoms with Crippen LogP contribution in [-0.4, -0.2) is 20.6 Å². The summed E-state index contributed by atoms with van der Waals surface area (Å²) >= 11 is 0. The molecule has 0 saturated heterocycles. The summed E-state index contributed by atoms with van der Waals surface area (Å²) in [5, 5.41) is 17.3. The molecule has 134 valence electrons. The maximum absolute atomic E-state index is 12.9. The molecule has 7 nitrogen and oxygen atoms in total. The maximum Gasteiger partial charge on any atom is 0.319 e. The number of carbonyl (C=O) groups excluding carboxylic acids is 1. The van der Waals surface area contributed by atoms with Crippen LogP contribution in [0, 0.1) is 17.0 Å². The van der Waals surface area contributed by atoms with Gasteiger partial charge in [0, 0.05) is 0 Å². The molecular weight excluding hydrogens is 334 g/mol. The van der Waals surface area contributed by atoms with Crippen LogP contribution < -0.4 is 5.32 Å². The van der Waals surface area contributed by atoms with E-state index in [1.54, 1.807) is 0 Å². The van der Waals surface area contributed by atoms with Crippen molar-refractivity contribution in [3.8, 4) is 0 Å². The van der Waals surface area contributed by atoms with Crippen LogP contribution in [0.1, 0.15) is 42.8 Å². The maximum atomic E-state index is 12.9. The number of aromatic nitrogens is 2. The van der Waals surface area contributed by atoms with Gasteiger partial charge in [-0.1, -0.05) is 37.3 Å². The molecule has 1 heterocycles. The Morgan fingerprint density at radius 2 is 2.00 bits per heavy atom. The van der Waals surface area contributed by atoms with E-state index in [-0.39, 0.29) is 18.3 Å². The van der Waals surface area contributed by atoms with E-state index < -0.39 is 28.6 Å². The summed E-state index contributed by atoms with van der Waals surface area (Å²) in [4.78, 5) is 22.3. The van der Waals surface area contributed by atoms with Crippen molar-refractivity contribution in [3.05, 3.63) is 57.4 Å². The van der Waals surface area contributed by atoms with Crippen molar-refractivity contribution in [2.24, 2.45) is 0 Å². The quantitative estimate of drug-likeness (QED) is 0.611. The number of hydrogen-bond acceptors (Lipinski definition) is 4. The number of halogens is 2. The second-order valence-corrected chi connectivity index (χ2v) is 5.47. The van der Waals surface area contributed by atoms with Gasteiger partial charge in [-0.3, -0.25) is 19.6 Å². The first kappa shape index (κ1) is 18.5. The average molecular weight is 352 g/mol. The minimum absolute atomic E-state index is 0.0804. The average Bonchev–Trinajstić information content (AvgIpc) is 2.90. The van der Waals surface area contributed by atoms with Crippen LogP contribution in [0.4, 0.5) is 14.5 Å². The van der Waals surface area contributed by atoms with E-state index >= 15 is 0 Å². The van der Waals surface area contributed by atoms with E-state index in [1.165, 1.54) is 6.92 Å². The lowest BCUT2D eigenvalue weighted by Crippen LogP contribution is -2.31. The largest absolute Gasteiger partial charge is 0.348 e. The Hall–Kier alpha value is -2.84. The number of amides is 1. The topological polar surface area (TPSA) is 90.1 Å². The molecule has 0 aliphatic rings. The van der Waals surface area contributed by atoms with E-state index in [4.69, 9.17) is 0 Å². The number of alkyl halides is 2. The fraction of sp³-hybridized carbons (Fsp3) is 0.375. The molecule has 1 aromatic carbocycles. The monoisotopic (exact) mass is 352 g/mol. The Balaban J connectivity index is 2.18. The lowest BCUT2D eigenvalue weighted by atomic mass is 10.0. The molecule has 1 aromatic heterocycles. The summed E-state index contributed by atoms with van der Waals surface area (Å²) in [5.74, 6) is -0.461. The second kappa shape index (κ2) is 7.82. The highest BCUT2D eigenvalue weighted by Crippen LogP contribution is 2.30. The van der Waals surface area contributed by atoms with Gasteiger partial charge in [-0.05, 0) is 18.9 Å². The van der Waals surface area contributed by atoms with Crippen LogP contribution in [0.25, 0.3) is 0 Å². The third-order valence-corrected chi connectivity index (χ3v) is 3.83. The first-order chi connectivity index (χ1) is 11.8. The van der Waals surface area contributed by atoms with Crippen LogP contribution in [0.3, 0.4) is 0 Å². The van der Waals surface area contributed by atoms with Gasteiger partial charge in [-0.15, -0.1) is 0 Å². The number of benzene rings is 1. The van der Waals surface area contributed by atoms with Crippen LogP contribution in [0.15, 0.2) is 30.3 Å². The molecule has 2 aromatic rings. The van der Waals surface area contributed by atoms with Crippen molar-refractivity contribution in [1.29, 1.82) is 0 Å². The number of nitrogens with zero attached hydrogens (tertiary/aromatic N) is 3. The SMILES string of the molecule is CCC(NC(=O)Cn1nc(C(F)F)c([N+](=O)[O-])c1C)c1ccccc1. The van der Waals surface area contributed by atoms with Crippen molar-refractivity contribution >= 4 is 11.6 Å². The highest BCUT2D eigenvalue weighted by Gasteiger charge is 2.31. The molecule has 1 atom stereocenters. The van der Waals surface area contributed by atoms with Crippen molar-refractivity contribution in [2.75, 3.05) is 0 Å². The van der Waals surface area contributed by atoms with Crippen molar-refractivity contribution in [2.45, 2.75) is 39.3 Å². The van der Waals surface area contributed by atoms with E-state index in [2.05, 4.69) is 10.4 Å². The van der Waals surface area contributed by atoms with Gasteiger partial charge in [0.15, 0.2) is 0 Å². The Kier molecular flexibility index (Phi) is 5.79. The molecule has 1 N–H and O–H groups in total. The zero-order chi connectivity index (χ0) is 18.6. The zero-order valence-corrected chi connectivity index (χ0v) is 13.8.